The fourth-order valence-electron chi connectivity index (χ4n) is 1.17. The molecular weight excluding hydrogens is 192 g/mol. The summed E-state index contributed by atoms with van der Waals surface area (Å²) in [5.41, 5.74) is 0.919. The predicted octanol–water partition coefficient (Wildman–Crippen LogP) is 1.75. The number of hydrogen-bond acceptors (Lipinski definition) is 4. The quantitative estimate of drug-likeness (QED) is 0.699. The van der Waals surface area contributed by atoms with Crippen molar-refractivity contribution in [2.24, 2.45) is 5.92 Å². The number of rotatable bonds is 7. The van der Waals surface area contributed by atoms with Crippen molar-refractivity contribution in [1.29, 1.82) is 0 Å². The van der Waals surface area contributed by atoms with Crippen LogP contribution in [0.25, 0.3) is 0 Å². The van der Waals surface area contributed by atoms with Crippen LogP contribution in [-0.2, 0) is 11.3 Å². The molecule has 4 heteroatoms. The predicted molar refractivity (Wildman–Crippen MR) is 58.6 cm³/mol. The van der Waals surface area contributed by atoms with Crippen LogP contribution in [0.4, 0.5) is 0 Å². The lowest BCUT2D eigenvalue weighted by Gasteiger charge is -2.06. The fourth-order valence-corrected chi connectivity index (χ4v) is 1.17. The second kappa shape index (κ2) is 6.58. The summed E-state index contributed by atoms with van der Waals surface area (Å²) in [6, 6.07) is 1.93. The van der Waals surface area contributed by atoms with E-state index in [-0.39, 0.29) is 0 Å². The zero-order valence-corrected chi connectivity index (χ0v) is 9.75. The van der Waals surface area contributed by atoms with Gasteiger partial charge in [-0.2, -0.15) is 0 Å². The molecule has 0 aliphatic rings. The molecule has 0 aliphatic carbocycles. The average Bonchev–Trinajstić information content (AvgIpc) is 2.57. The average molecular weight is 212 g/mol. The van der Waals surface area contributed by atoms with E-state index in [1.807, 2.05) is 13.0 Å². The first-order chi connectivity index (χ1) is 7.18. The van der Waals surface area contributed by atoms with Crippen molar-refractivity contribution in [2.45, 2.75) is 27.3 Å². The monoisotopic (exact) mass is 212 g/mol. The maximum absolute atomic E-state index is 5.43. The molecule has 0 amide bonds. The van der Waals surface area contributed by atoms with Crippen LogP contribution in [0.3, 0.4) is 0 Å². The van der Waals surface area contributed by atoms with E-state index in [1.165, 1.54) is 0 Å². The summed E-state index contributed by atoms with van der Waals surface area (Å²) in [6.45, 7) is 9.32. The summed E-state index contributed by atoms with van der Waals surface area (Å²) in [5.74, 6) is 1.47. The number of ether oxygens (including phenoxy) is 1. The number of aromatic nitrogens is 1. The zero-order valence-electron chi connectivity index (χ0n) is 9.75. The smallest absolute Gasteiger partial charge is 0.150 e. The second-order valence-corrected chi connectivity index (χ2v) is 4.08. The first-order valence-corrected chi connectivity index (χ1v) is 5.39. The van der Waals surface area contributed by atoms with Crippen LogP contribution >= 0.6 is 0 Å². The third-order valence-electron chi connectivity index (χ3n) is 1.85. The minimum atomic E-state index is 0.599. The largest absolute Gasteiger partial charge is 0.380 e. The molecule has 0 aromatic carbocycles. The van der Waals surface area contributed by atoms with Crippen LogP contribution in [0.2, 0.25) is 0 Å². The molecule has 86 valence electrons. The highest BCUT2D eigenvalue weighted by molar-refractivity contribution is 5.02. The Morgan fingerprint density at radius 1 is 1.53 bits per heavy atom. The molecule has 0 aliphatic heterocycles. The van der Waals surface area contributed by atoms with Gasteiger partial charge in [0.05, 0.1) is 18.8 Å². The molecule has 15 heavy (non-hydrogen) atoms. The van der Waals surface area contributed by atoms with Crippen LogP contribution in [0, 0.1) is 12.8 Å². The van der Waals surface area contributed by atoms with Crippen molar-refractivity contribution in [3.8, 4) is 0 Å². The molecule has 0 fully saturated rings. The summed E-state index contributed by atoms with van der Waals surface area (Å²) in [7, 11) is 0. The van der Waals surface area contributed by atoms with Crippen molar-refractivity contribution in [1.82, 2.24) is 10.5 Å². The van der Waals surface area contributed by atoms with Crippen molar-refractivity contribution in [3.05, 3.63) is 17.5 Å². The molecule has 0 bridgehead atoms. The van der Waals surface area contributed by atoms with Crippen molar-refractivity contribution in [3.63, 3.8) is 0 Å². The van der Waals surface area contributed by atoms with Crippen LogP contribution in [0.15, 0.2) is 10.6 Å². The Hall–Kier alpha value is -0.870. The van der Waals surface area contributed by atoms with Crippen LogP contribution in [0.5, 0.6) is 0 Å². The summed E-state index contributed by atoms with van der Waals surface area (Å²) >= 11 is 0. The molecule has 1 rings (SSSR count). The van der Waals surface area contributed by atoms with Gasteiger partial charge in [-0.3, -0.25) is 0 Å². The van der Waals surface area contributed by atoms with Crippen molar-refractivity contribution < 1.29 is 9.26 Å². The Balaban J connectivity index is 1.98. The first-order valence-electron chi connectivity index (χ1n) is 5.39. The number of aryl methyl sites for hydroxylation is 1. The first kappa shape index (κ1) is 12.2. The Labute approximate surface area is 91.0 Å². The van der Waals surface area contributed by atoms with E-state index in [9.17, 15) is 0 Å². The Morgan fingerprint density at radius 2 is 2.33 bits per heavy atom. The Morgan fingerprint density at radius 3 is 2.93 bits per heavy atom. The van der Waals surface area contributed by atoms with Crippen LogP contribution in [0.1, 0.15) is 25.3 Å². The van der Waals surface area contributed by atoms with Gasteiger partial charge >= 0.3 is 0 Å². The molecule has 0 saturated carbocycles. The minimum absolute atomic E-state index is 0.599. The summed E-state index contributed by atoms with van der Waals surface area (Å²) < 4.78 is 10.5. The van der Waals surface area contributed by atoms with Gasteiger partial charge in [-0.1, -0.05) is 19.0 Å². The van der Waals surface area contributed by atoms with E-state index in [4.69, 9.17) is 9.26 Å². The van der Waals surface area contributed by atoms with Gasteiger partial charge in [0, 0.05) is 19.2 Å². The van der Waals surface area contributed by atoms with E-state index in [0.717, 1.165) is 31.2 Å². The lowest BCUT2D eigenvalue weighted by Crippen LogP contribution is -2.20. The molecule has 0 radical (unpaired) electrons. The van der Waals surface area contributed by atoms with Crippen LogP contribution < -0.4 is 5.32 Å². The lowest BCUT2D eigenvalue weighted by atomic mass is 10.2. The van der Waals surface area contributed by atoms with Crippen molar-refractivity contribution >= 4 is 0 Å². The number of nitrogens with zero attached hydrogens (tertiary/aromatic N) is 1. The molecule has 1 aromatic rings. The molecular formula is C11H20N2O2. The van der Waals surface area contributed by atoms with E-state index in [0.29, 0.717) is 12.5 Å². The van der Waals surface area contributed by atoms with Gasteiger partial charge in [0.25, 0.3) is 0 Å². The molecule has 0 spiro atoms. The van der Waals surface area contributed by atoms with Gasteiger partial charge in [-0.15, -0.1) is 0 Å². The molecule has 4 nitrogen and oxygen atoms in total. The van der Waals surface area contributed by atoms with E-state index >= 15 is 0 Å². The third kappa shape index (κ3) is 5.54. The molecule has 0 atom stereocenters. The Bertz CT molecular complexity index is 271. The van der Waals surface area contributed by atoms with Gasteiger partial charge in [0.1, 0.15) is 0 Å². The fraction of sp³-hybridized carbons (Fsp3) is 0.727. The van der Waals surface area contributed by atoms with Crippen molar-refractivity contribution in [2.75, 3.05) is 19.8 Å². The van der Waals surface area contributed by atoms with E-state index in [1.54, 1.807) is 0 Å². The lowest BCUT2D eigenvalue weighted by molar-refractivity contribution is 0.111. The minimum Gasteiger partial charge on any atom is -0.380 e. The highest BCUT2D eigenvalue weighted by atomic mass is 16.5. The molecule has 1 heterocycles. The van der Waals surface area contributed by atoms with Gasteiger partial charge in [0.15, 0.2) is 5.76 Å². The number of hydrogen-bond donors (Lipinski definition) is 1. The topological polar surface area (TPSA) is 47.3 Å². The Kier molecular flexibility index (Phi) is 5.36. The SMILES string of the molecule is Cc1cc(CNCCOCC(C)C)on1. The highest BCUT2D eigenvalue weighted by Gasteiger charge is 1.99. The van der Waals surface area contributed by atoms with Gasteiger partial charge < -0.3 is 14.6 Å². The third-order valence-corrected chi connectivity index (χ3v) is 1.85. The maximum atomic E-state index is 5.43. The highest BCUT2D eigenvalue weighted by Crippen LogP contribution is 2.00. The van der Waals surface area contributed by atoms with E-state index < -0.39 is 0 Å². The van der Waals surface area contributed by atoms with Gasteiger partial charge in [-0.25, -0.2) is 0 Å². The summed E-state index contributed by atoms with van der Waals surface area (Å²) in [6.07, 6.45) is 0. The molecule has 1 aromatic heterocycles. The summed E-state index contributed by atoms with van der Waals surface area (Å²) in [4.78, 5) is 0. The summed E-state index contributed by atoms with van der Waals surface area (Å²) in [5, 5.41) is 7.04. The second-order valence-electron chi connectivity index (χ2n) is 4.08. The standard InChI is InChI=1S/C11H20N2O2/c1-9(2)8-14-5-4-12-7-11-6-10(3)13-15-11/h6,9,12H,4-5,7-8H2,1-3H3. The normalized spacial score (nSPS) is 11.2. The molecule has 1 N–H and O–H groups in total. The molecule has 0 unspecified atom stereocenters. The maximum Gasteiger partial charge on any atom is 0.150 e. The van der Waals surface area contributed by atoms with Crippen LogP contribution in [-0.4, -0.2) is 24.9 Å². The van der Waals surface area contributed by atoms with Gasteiger partial charge in [0.2, 0.25) is 0 Å². The molecule has 0 saturated heterocycles. The number of nitrogens with one attached hydrogen (secondary N) is 1. The van der Waals surface area contributed by atoms with E-state index in [2.05, 4.69) is 24.3 Å². The van der Waals surface area contributed by atoms with Gasteiger partial charge in [-0.05, 0) is 12.8 Å². The zero-order chi connectivity index (χ0) is 11.1.